The first-order valence-electron chi connectivity index (χ1n) is 11.6. The number of nitrogens with one attached hydrogen (secondary N) is 1. The predicted molar refractivity (Wildman–Crippen MR) is 138 cm³/mol. The molecule has 35 heavy (non-hydrogen) atoms. The maximum Gasteiger partial charge on any atom is 0.257 e. The van der Waals surface area contributed by atoms with Crippen LogP contribution in [0.2, 0.25) is 0 Å². The van der Waals surface area contributed by atoms with E-state index in [0.29, 0.717) is 44.0 Å². The molecule has 0 aliphatic carbocycles. The molecular formula is C27H28N4O3S. The number of nitrogens with zero attached hydrogens (tertiary/aromatic N) is 3. The second-order valence-corrected chi connectivity index (χ2v) is 10.8. The van der Waals surface area contributed by atoms with E-state index in [-0.39, 0.29) is 10.8 Å². The number of para-hydroxylation sites is 1. The number of sulfonamides is 1. The molecule has 5 rings (SSSR count). The quantitative estimate of drug-likeness (QED) is 0.447. The fraction of sp³-hybridized carbons (Fsp3) is 0.222. The second-order valence-electron chi connectivity index (χ2n) is 8.86. The normalized spacial score (nSPS) is 15.3. The molecule has 1 saturated heterocycles. The summed E-state index contributed by atoms with van der Waals surface area (Å²) in [6.45, 7) is 2.95. The maximum absolute atomic E-state index is 13.3. The molecule has 0 spiro atoms. The van der Waals surface area contributed by atoms with Gasteiger partial charge in [0.25, 0.3) is 5.91 Å². The minimum atomic E-state index is -3.62. The highest BCUT2D eigenvalue weighted by Gasteiger charge is 2.27. The van der Waals surface area contributed by atoms with Gasteiger partial charge in [0, 0.05) is 55.5 Å². The Kier molecular flexibility index (Phi) is 6.42. The minimum absolute atomic E-state index is 0.186. The summed E-state index contributed by atoms with van der Waals surface area (Å²) < 4.78 is 29.9. The van der Waals surface area contributed by atoms with Gasteiger partial charge >= 0.3 is 0 Å². The average Bonchev–Trinajstić information content (AvgIpc) is 3.24. The second kappa shape index (κ2) is 9.65. The molecule has 2 heterocycles. The van der Waals surface area contributed by atoms with Crippen molar-refractivity contribution in [3.8, 4) is 0 Å². The molecule has 1 amide bonds. The maximum atomic E-state index is 13.3. The Bertz CT molecular complexity index is 1460. The zero-order valence-electron chi connectivity index (χ0n) is 19.6. The van der Waals surface area contributed by atoms with Gasteiger partial charge in [0.1, 0.15) is 0 Å². The summed E-state index contributed by atoms with van der Waals surface area (Å²) in [5, 5.41) is 3.76. The molecule has 180 valence electrons. The zero-order valence-corrected chi connectivity index (χ0v) is 20.4. The molecule has 0 radical (unpaired) electrons. The summed E-state index contributed by atoms with van der Waals surface area (Å²) in [5.41, 5.74) is 3.10. The molecule has 0 unspecified atom stereocenters. The molecule has 1 fully saturated rings. The predicted octanol–water partition coefficient (Wildman–Crippen LogP) is 3.88. The lowest BCUT2D eigenvalue weighted by Gasteiger charge is -2.31. The molecule has 0 bridgehead atoms. The summed E-state index contributed by atoms with van der Waals surface area (Å²) in [6.07, 6.45) is 1.86. The number of carbonyl (C=O) groups is 1. The van der Waals surface area contributed by atoms with Crippen LogP contribution in [-0.4, -0.2) is 61.3 Å². The third-order valence-corrected chi connectivity index (χ3v) is 8.32. The Hall–Kier alpha value is -3.46. The van der Waals surface area contributed by atoms with E-state index in [0.717, 1.165) is 16.5 Å². The molecule has 1 N–H and O–H groups in total. The van der Waals surface area contributed by atoms with Gasteiger partial charge in [-0.25, -0.2) is 8.42 Å². The van der Waals surface area contributed by atoms with Crippen LogP contribution < -0.4 is 5.32 Å². The van der Waals surface area contributed by atoms with Crippen LogP contribution in [0.25, 0.3) is 10.9 Å². The van der Waals surface area contributed by atoms with E-state index in [1.165, 1.54) is 10.4 Å². The highest BCUT2D eigenvalue weighted by atomic mass is 32.2. The molecular weight excluding hydrogens is 460 g/mol. The van der Waals surface area contributed by atoms with Crippen LogP contribution in [0, 0.1) is 0 Å². The van der Waals surface area contributed by atoms with Crippen molar-refractivity contribution in [2.24, 2.45) is 0 Å². The first-order chi connectivity index (χ1) is 16.9. The number of fused-ring (bicyclic) bond motifs is 1. The lowest BCUT2D eigenvalue weighted by Crippen LogP contribution is -2.47. The third-order valence-electron chi connectivity index (χ3n) is 6.42. The van der Waals surface area contributed by atoms with E-state index >= 15 is 0 Å². The van der Waals surface area contributed by atoms with E-state index in [1.807, 2.05) is 55.7 Å². The van der Waals surface area contributed by atoms with E-state index in [1.54, 1.807) is 18.2 Å². The van der Waals surface area contributed by atoms with Crippen molar-refractivity contribution in [2.45, 2.75) is 11.4 Å². The summed E-state index contributed by atoms with van der Waals surface area (Å²) in [4.78, 5) is 15.6. The Morgan fingerprint density at radius 3 is 2.37 bits per heavy atom. The average molecular weight is 489 g/mol. The molecule has 1 aliphatic rings. The Balaban J connectivity index is 1.40. The number of hydrogen-bond acceptors (Lipinski definition) is 4. The largest absolute Gasteiger partial charge is 0.342 e. The topological polar surface area (TPSA) is 74.7 Å². The van der Waals surface area contributed by atoms with Crippen LogP contribution in [0.4, 0.5) is 5.69 Å². The lowest BCUT2D eigenvalue weighted by atomic mass is 10.1. The van der Waals surface area contributed by atoms with Gasteiger partial charge in [0.2, 0.25) is 10.0 Å². The summed E-state index contributed by atoms with van der Waals surface area (Å²) in [7, 11) is -1.64. The molecule has 1 aliphatic heterocycles. The van der Waals surface area contributed by atoms with Gasteiger partial charge in [0.05, 0.1) is 10.5 Å². The smallest absolute Gasteiger partial charge is 0.257 e. The van der Waals surface area contributed by atoms with Gasteiger partial charge < -0.3 is 14.8 Å². The Morgan fingerprint density at radius 2 is 1.60 bits per heavy atom. The van der Waals surface area contributed by atoms with Gasteiger partial charge in [-0.05, 0) is 36.9 Å². The molecule has 0 saturated carbocycles. The number of likely N-dealkylation sites (N-methyl/N-ethyl adjacent to an activating group) is 1. The van der Waals surface area contributed by atoms with Crippen molar-refractivity contribution < 1.29 is 13.2 Å². The van der Waals surface area contributed by atoms with Crippen LogP contribution in [-0.2, 0) is 16.6 Å². The van der Waals surface area contributed by atoms with Gasteiger partial charge in [-0.2, -0.15) is 4.31 Å². The van der Waals surface area contributed by atoms with Gasteiger partial charge in [0.15, 0.2) is 0 Å². The molecule has 7 nitrogen and oxygen atoms in total. The van der Waals surface area contributed by atoms with Crippen molar-refractivity contribution in [1.82, 2.24) is 13.8 Å². The van der Waals surface area contributed by atoms with E-state index in [4.69, 9.17) is 0 Å². The summed E-state index contributed by atoms with van der Waals surface area (Å²) >= 11 is 0. The van der Waals surface area contributed by atoms with Crippen molar-refractivity contribution in [2.75, 3.05) is 38.5 Å². The van der Waals surface area contributed by atoms with Crippen LogP contribution in [0.1, 0.15) is 15.9 Å². The van der Waals surface area contributed by atoms with Crippen molar-refractivity contribution in [3.63, 3.8) is 0 Å². The van der Waals surface area contributed by atoms with Crippen LogP contribution in [0.3, 0.4) is 0 Å². The monoisotopic (exact) mass is 488 g/mol. The SMILES string of the molecule is CN1CCN(S(=O)(=O)c2cccc(NC(=O)c3cn(Cc4ccccc4)c4ccccc34)c2)CC1. The van der Waals surface area contributed by atoms with Crippen LogP contribution in [0.15, 0.2) is 90.0 Å². The van der Waals surface area contributed by atoms with E-state index < -0.39 is 10.0 Å². The van der Waals surface area contributed by atoms with Crippen molar-refractivity contribution in [3.05, 3.63) is 96.2 Å². The first-order valence-corrected chi connectivity index (χ1v) is 13.1. The number of hydrogen-bond donors (Lipinski definition) is 1. The number of aromatic nitrogens is 1. The van der Waals surface area contributed by atoms with E-state index in [9.17, 15) is 13.2 Å². The van der Waals surface area contributed by atoms with Gasteiger partial charge in [-0.3, -0.25) is 4.79 Å². The van der Waals surface area contributed by atoms with Gasteiger partial charge in [-0.1, -0.05) is 54.6 Å². The van der Waals surface area contributed by atoms with Crippen LogP contribution in [0.5, 0.6) is 0 Å². The first kappa shape index (κ1) is 23.3. The number of carbonyl (C=O) groups excluding carboxylic acids is 1. The number of benzene rings is 3. The third kappa shape index (κ3) is 4.86. The van der Waals surface area contributed by atoms with E-state index in [2.05, 4.69) is 26.9 Å². The van der Waals surface area contributed by atoms with Gasteiger partial charge in [-0.15, -0.1) is 0 Å². The Labute approximate surface area is 205 Å². The molecule has 0 atom stereocenters. The number of amides is 1. The Morgan fingerprint density at radius 1 is 0.886 bits per heavy atom. The zero-order chi connectivity index (χ0) is 24.4. The van der Waals surface area contributed by atoms with Crippen molar-refractivity contribution >= 4 is 32.5 Å². The number of piperazine rings is 1. The van der Waals surface area contributed by atoms with Crippen molar-refractivity contribution in [1.29, 1.82) is 0 Å². The summed E-state index contributed by atoms with van der Waals surface area (Å²) in [6, 6.07) is 24.4. The highest BCUT2D eigenvalue weighted by molar-refractivity contribution is 7.89. The number of rotatable bonds is 6. The molecule has 3 aromatic carbocycles. The molecule has 1 aromatic heterocycles. The highest BCUT2D eigenvalue weighted by Crippen LogP contribution is 2.25. The fourth-order valence-corrected chi connectivity index (χ4v) is 5.92. The van der Waals surface area contributed by atoms with Crippen LogP contribution >= 0.6 is 0 Å². The molecule has 8 heteroatoms. The lowest BCUT2D eigenvalue weighted by molar-refractivity contribution is 0.102. The molecule has 4 aromatic rings. The number of anilines is 1. The minimum Gasteiger partial charge on any atom is -0.342 e. The summed E-state index contributed by atoms with van der Waals surface area (Å²) in [5.74, 6) is -0.276. The standard InChI is InChI=1S/C27H28N4O3S/c1-29-14-16-31(17-15-29)35(33,34)23-11-7-10-22(18-23)28-27(32)25-20-30(19-21-8-3-2-4-9-21)26-13-6-5-12-24(25)26/h2-13,18,20H,14-17,19H2,1H3,(H,28,32). The fourth-order valence-electron chi connectivity index (χ4n) is 4.45.